The number of hydrogen-bond donors (Lipinski definition) is 0. The van der Waals surface area contributed by atoms with Crippen molar-refractivity contribution in [3.63, 3.8) is 0 Å². The van der Waals surface area contributed by atoms with Gasteiger partial charge in [-0.3, -0.25) is 0 Å². The molecule has 0 fully saturated rings. The highest BCUT2D eigenvalue weighted by Crippen LogP contribution is 2.37. The highest BCUT2D eigenvalue weighted by atomic mass is 32.1. The average molecular weight is 700 g/mol. The van der Waals surface area contributed by atoms with Gasteiger partial charge in [-0.1, -0.05) is 134 Å². The number of hydrogen-bond acceptors (Lipinski definition) is 5. The Labute approximate surface area is 312 Å². The SMILES string of the molecule is C=C/C=C\c1c(C)n(-c2cccc(-c3nc4cc(-c5nc(-c6ccccc6)nc(-c6ccccc6)n5)ccc4s3)c2)c2ccc(-c3ccccc3)cc12. The van der Waals surface area contributed by atoms with Gasteiger partial charge in [-0.2, -0.15) is 0 Å². The summed E-state index contributed by atoms with van der Waals surface area (Å²) in [5, 5.41) is 2.15. The van der Waals surface area contributed by atoms with Crippen LogP contribution in [-0.2, 0) is 0 Å². The van der Waals surface area contributed by atoms with Crippen LogP contribution < -0.4 is 0 Å². The first-order valence-electron chi connectivity index (χ1n) is 17.5. The second kappa shape index (κ2) is 13.8. The Hall–Kier alpha value is -6.76. The monoisotopic (exact) mass is 699 g/mol. The number of aromatic nitrogens is 5. The van der Waals surface area contributed by atoms with Crippen molar-refractivity contribution in [1.29, 1.82) is 0 Å². The van der Waals surface area contributed by atoms with Gasteiger partial charge in [0.05, 0.1) is 15.7 Å². The second-order valence-corrected chi connectivity index (χ2v) is 13.8. The fourth-order valence-corrected chi connectivity index (χ4v) is 7.81. The molecule has 0 atom stereocenters. The Bertz CT molecular complexity index is 2740. The fourth-order valence-electron chi connectivity index (χ4n) is 6.87. The van der Waals surface area contributed by atoms with Gasteiger partial charge >= 0.3 is 0 Å². The maximum Gasteiger partial charge on any atom is 0.164 e. The Kier molecular flexibility index (Phi) is 8.35. The molecule has 5 nitrogen and oxygen atoms in total. The van der Waals surface area contributed by atoms with Crippen molar-refractivity contribution in [2.24, 2.45) is 0 Å². The number of allylic oxidation sites excluding steroid dienone is 2. The predicted molar refractivity (Wildman–Crippen MR) is 221 cm³/mol. The molecule has 9 aromatic rings. The van der Waals surface area contributed by atoms with Crippen LogP contribution in [0.4, 0.5) is 0 Å². The Morgan fingerprint density at radius 3 is 1.81 bits per heavy atom. The van der Waals surface area contributed by atoms with Crippen molar-refractivity contribution in [1.82, 2.24) is 24.5 Å². The number of benzene rings is 6. The maximum absolute atomic E-state index is 5.16. The zero-order valence-electron chi connectivity index (χ0n) is 29.0. The van der Waals surface area contributed by atoms with Crippen LogP contribution in [0.15, 0.2) is 170 Å². The van der Waals surface area contributed by atoms with Crippen molar-refractivity contribution in [3.05, 3.63) is 182 Å². The van der Waals surface area contributed by atoms with Gasteiger partial charge in [0.2, 0.25) is 0 Å². The van der Waals surface area contributed by atoms with Gasteiger partial charge in [-0.15, -0.1) is 11.3 Å². The lowest BCUT2D eigenvalue weighted by molar-refractivity contribution is 1.05. The lowest BCUT2D eigenvalue weighted by atomic mass is 10.0. The second-order valence-electron chi connectivity index (χ2n) is 12.8. The number of nitrogens with zero attached hydrogens (tertiary/aromatic N) is 5. The van der Waals surface area contributed by atoms with Crippen molar-refractivity contribution in [3.8, 4) is 61.5 Å². The average Bonchev–Trinajstić information content (AvgIpc) is 3.78. The van der Waals surface area contributed by atoms with Gasteiger partial charge in [0.25, 0.3) is 0 Å². The van der Waals surface area contributed by atoms with Gasteiger partial charge in [-0.05, 0) is 60.5 Å². The van der Waals surface area contributed by atoms with Crippen LogP contribution in [0.2, 0.25) is 0 Å². The van der Waals surface area contributed by atoms with Crippen molar-refractivity contribution < 1.29 is 0 Å². The highest BCUT2D eigenvalue weighted by molar-refractivity contribution is 7.21. The molecule has 0 radical (unpaired) electrons. The zero-order chi connectivity index (χ0) is 35.7. The zero-order valence-corrected chi connectivity index (χ0v) is 29.8. The molecule has 0 amide bonds. The number of rotatable bonds is 8. The van der Waals surface area contributed by atoms with Crippen LogP contribution in [0.25, 0.3) is 88.7 Å². The first-order chi connectivity index (χ1) is 26.1. The molecule has 3 heterocycles. The molecule has 0 unspecified atom stereocenters. The summed E-state index contributed by atoms with van der Waals surface area (Å²) in [5.41, 5.74) is 11.7. The Balaban J connectivity index is 1.11. The van der Waals surface area contributed by atoms with Crippen molar-refractivity contribution in [2.45, 2.75) is 6.92 Å². The van der Waals surface area contributed by atoms with Crippen LogP contribution in [0, 0.1) is 6.92 Å². The smallest absolute Gasteiger partial charge is 0.164 e. The van der Waals surface area contributed by atoms with Crippen LogP contribution in [0.3, 0.4) is 0 Å². The molecule has 6 aromatic carbocycles. The van der Waals surface area contributed by atoms with E-state index in [1.54, 1.807) is 11.3 Å². The van der Waals surface area contributed by atoms with Crippen LogP contribution >= 0.6 is 11.3 Å². The van der Waals surface area contributed by atoms with Crippen LogP contribution in [-0.4, -0.2) is 24.5 Å². The van der Waals surface area contributed by atoms with E-state index >= 15 is 0 Å². The first-order valence-corrected chi connectivity index (χ1v) is 18.3. The molecular weight excluding hydrogens is 667 g/mol. The minimum Gasteiger partial charge on any atom is -0.313 e. The van der Waals surface area contributed by atoms with Crippen LogP contribution in [0.5, 0.6) is 0 Å². The molecule has 0 bridgehead atoms. The van der Waals surface area contributed by atoms with Crippen molar-refractivity contribution in [2.75, 3.05) is 0 Å². The molecule has 0 saturated carbocycles. The standard InChI is InChI=1S/C47H33N5S/c1-3-4-23-39-31(2)52(42-26-24-35(29-40(39)42)32-15-8-5-9-16-32)38-22-14-21-37(28-38)47-48-41-30-36(25-27-43(41)53-47)46-50-44(33-17-10-6-11-18-33)49-45(51-46)34-19-12-7-13-20-34/h3-30H,1H2,2H3/b23-4-. The summed E-state index contributed by atoms with van der Waals surface area (Å²) in [6, 6.07) is 52.3. The van der Waals surface area contributed by atoms with E-state index in [2.05, 4.69) is 115 Å². The van der Waals surface area contributed by atoms with Gasteiger partial charge in [-0.25, -0.2) is 19.9 Å². The summed E-state index contributed by atoms with van der Waals surface area (Å²) in [4.78, 5) is 19.9. The molecule has 0 aliphatic rings. The van der Waals surface area contributed by atoms with Crippen molar-refractivity contribution >= 4 is 38.5 Å². The topological polar surface area (TPSA) is 56.5 Å². The lowest BCUT2D eigenvalue weighted by Gasteiger charge is -2.10. The summed E-state index contributed by atoms with van der Waals surface area (Å²) in [5.74, 6) is 1.89. The summed E-state index contributed by atoms with van der Waals surface area (Å²) < 4.78 is 3.44. The quantitative estimate of drug-likeness (QED) is 0.148. The lowest BCUT2D eigenvalue weighted by Crippen LogP contribution is -2.00. The van der Waals surface area contributed by atoms with Gasteiger partial charge in [0, 0.05) is 44.6 Å². The number of thiazole rings is 1. The van der Waals surface area contributed by atoms with Gasteiger partial charge < -0.3 is 4.57 Å². The van der Waals surface area contributed by atoms with Gasteiger partial charge in [0.15, 0.2) is 17.5 Å². The molecule has 0 spiro atoms. The fraction of sp³-hybridized carbons (Fsp3) is 0.0213. The molecule has 0 saturated heterocycles. The highest BCUT2D eigenvalue weighted by Gasteiger charge is 2.17. The molecule has 252 valence electrons. The van der Waals surface area contributed by atoms with Gasteiger partial charge in [0.1, 0.15) is 5.01 Å². The third kappa shape index (κ3) is 6.15. The van der Waals surface area contributed by atoms with Crippen LogP contribution in [0.1, 0.15) is 11.3 Å². The minimum absolute atomic E-state index is 0.614. The van der Waals surface area contributed by atoms with E-state index < -0.39 is 0 Å². The third-order valence-corrected chi connectivity index (χ3v) is 10.5. The normalized spacial score (nSPS) is 11.5. The minimum atomic E-state index is 0.614. The van der Waals surface area contributed by atoms with E-state index in [1.165, 1.54) is 22.1 Å². The van der Waals surface area contributed by atoms with E-state index in [1.807, 2.05) is 72.8 Å². The Morgan fingerprint density at radius 2 is 1.15 bits per heavy atom. The molecule has 6 heteroatoms. The summed E-state index contributed by atoms with van der Waals surface area (Å²) in [7, 11) is 0. The van der Waals surface area contributed by atoms with E-state index in [9.17, 15) is 0 Å². The molecule has 53 heavy (non-hydrogen) atoms. The molecule has 3 aromatic heterocycles. The summed E-state index contributed by atoms with van der Waals surface area (Å²) in [6.45, 7) is 6.11. The first kappa shape index (κ1) is 32.2. The Morgan fingerprint density at radius 1 is 0.547 bits per heavy atom. The summed E-state index contributed by atoms with van der Waals surface area (Å²) in [6.07, 6.45) is 5.99. The van der Waals surface area contributed by atoms with E-state index in [0.29, 0.717) is 17.5 Å². The third-order valence-electron chi connectivity index (χ3n) is 9.46. The molecule has 9 rings (SSSR count). The largest absolute Gasteiger partial charge is 0.313 e. The van der Waals surface area contributed by atoms with E-state index in [0.717, 1.165) is 54.4 Å². The molecule has 0 aliphatic heterocycles. The maximum atomic E-state index is 5.16. The molecule has 0 N–H and O–H groups in total. The predicted octanol–water partition coefficient (Wildman–Crippen LogP) is 12.3. The van der Waals surface area contributed by atoms with E-state index in [-0.39, 0.29) is 0 Å². The van der Waals surface area contributed by atoms with E-state index in [4.69, 9.17) is 19.9 Å². The molecule has 0 aliphatic carbocycles. The summed E-state index contributed by atoms with van der Waals surface area (Å²) >= 11 is 1.69. The number of fused-ring (bicyclic) bond motifs is 2. The molecular formula is C47H33N5S.